The van der Waals surface area contributed by atoms with E-state index in [0.717, 1.165) is 5.75 Å². The number of rotatable bonds is 2. The molecule has 0 radical (unpaired) electrons. The molecule has 2 nitrogen and oxygen atoms in total. The van der Waals surface area contributed by atoms with E-state index in [2.05, 4.69) is 60.3 Å². The Kier molecular flexibility index (Phi) is 2.94. The van der Waals surface area contributed by atoms with Gasteiger partial charge in [0.05, 0.1) is 12.5 Å². The van der Waals surface area contributed by atoms with Gasteiger partial charge in [-0.15, -0.1) is 0 Å². The van der Waals surface area contributed by atoms with Crippen molar-refractivity contribution in [3.8, 4) is 5.75 Å². The largest absolute Gasteiger partial charge is 0.497 e. The number of hydrogen-bond donors (Lipinski definition) is 1. The van der Waals surface area contributed by atoms with E-state index in [9.17, 15) is 0 Å². The van der Waals surface area contributed by atoms with Gasteiger partial charge in [-0.25, -0.2) is 0 Å². The maximum Gasteiger partial charge on any atom is 0.120 e. The van der Waals surface area contributed by atoms with Gasteiger partial charge in [-0.2, -0.15) is 10.0 Å². The van der Waals surface area contributed by atoms with E-state index >= 15 is 0 Å². The first-order valence-corrected chi connectivity index (χ1v) is 8.86. The summed E-state index contributed by atoms with van der Waals surface area (Å²) in [5.41, 5.74) is 2.60. The quantitative estimate of drug-likeness (QED) is 0.883. The van der Waals surface area contributed by atoms with E-state index in [1.807, 2.05) is 6.07 Å². The van der Waals surface area contributed by atoms with Crippen molar-refractivity contribution in [1.29, 1.82) is 0 Å². The Balaban J connectivity index is 2.05. The molecule has 0 bridgehead atoms. The first-order valence-electron chi connectivity index (χ1n) is 6.34. The van der Waals surface area contributed by atoms with Crippen LogP contribution in [0.25, 0.3) is 0 Å². The molecule has 1 N–H and O–H groups in total. The Labute approximate surface area is 116 Å². The Morgan fingerprint density at radius 1 is 1.05 bits per heavy atom. The molecule has 0 saturated carbocycles. The van der Waals surface area contributed by atoms with Crippen molar-refractivity contribution in [2.75, 3.05) is 24.9 Å². The predicted octanol–water partition coefficient (Wildman–Crippen LogP) is 4.24. The SMILES string of the molecule is COc1ccc2c(c1)S(C)(C)C(c1ccccc1)N2. The fourth-order valence-electron chi connectivity index (χ4n) is 2.65. The van der Waals surface area contributed by atoms with Crippen molar-refractivity contribution >= 4 is 15.7 Å². The van der Waals surface area contributed by atoms with Gasteiger partial charge in [0, 0.05) is 10.6 Å². The lowest BCUT2D eigenvalue weighted by molar-refractivity contribution is 0.414. The smallest absolute Gasteiger partial charge is 0.120 e. The van der Waals surface area contributed by atoms with Gasteiger partial charge in [0.2, 0.25) is 0 Å². The van der Waals surface area contributed by atoms with E-state index in [4.69, 9.17) is 4.74 Å². The third kappa shape index (κ3) is 1.98. The van der Waals surface area contributed by atoms with E-state index in [1.54, 1.807) is 7.11 Å². The minimum absolute atomic E-state index is 0.385. The van der Waals surface area contributed by atoms with Crippen molar-refractivity contribution < 1.29 is 4.74 Å². The van der Waals surface area contributed by atoms with Gasteiger partial charge in [0.25, 0.3) is 0 Å². The maximum absolute atomic E-state index is 5.36. The molecule has 1 unspecified atom stereocenters. The highest BCUT2D eigenvalue weighted by atomic mass is 32.3. The Bertz CT molecular complexity index is 595. The molecule has 0 spiro atoms. The zero-order valence-electron chi connectivity index (χ0n) is 11.5. The second-order valence-electron chi connectivity index (χ2n) is 5.20. The lowest BCUT2D eigenvalue weighted by Gasteiger charge is -2.33. The van der Waals surface area contributed by atoms with Crippen LogP contribution in [0, 0.1) is 0 Å². The van der Waals surface area contributed by atoms with Crippen LogP contribution in [0.15, 0.2) is 53.4 Å². The van der Waals surface area contributed by atoms with Crippen LogP contribution in [-0.2, 0) is 0 Å². The lowest BCUT2D eigenvalue weighted by Crippen LogP contribution is -2.10. The Morgan fingerprint density at radius 2 is 1.79 bits per heavy atom. The standard InChI is InChI=1S/C16H19NOS/c1-18-13-9-10-14-15(11-13)19(2,3)16(17-14)12-7-5-4-6-8-12/h4-11,16-17H,1-3H3. The number of ether oxygens (including phenoxy) is 1. The summed E-state index contributed by atoms with van der Waals surface area (Å²) in [6.07, 6.45) is 4.73. The van der Waals surface area contributed by atoms with Gasteiger partial charge in [-0.3, -0.25) is 0 Å². The van der Waals surface area contributed by atoms with Gasteiger partial charge < -0.3 is 10.1 Å². The molecule has 1 aliphatic rings. The third-order valence-corrected chi connectivity index (χ3v) is 6.77. The summed E-state index contributed by atoms with van der Waals surface area (Å²) in [6.45, 7) is 0. The van der Waals surface area contributed by atoms with Crippen LogP contribution in [0.1, 0.15) is 10.9 Å². The van der Waals surface area contributed by atoms with Gasteiger partial charge >= 0.3 is 0 Å². The summed E-state index contributed by atoms with van der Waals surface area (Å²) in [4.78, 5) is 1.40. The van der Waals surface area contributed by atoms with Crippen LogP contribution in [0.4, 0.5) is 5.69 Å². The van der Waals surface area contributed by atoms with Gasteiger partial charge in [0.15, 0.2) is 0 Å². The number of methoxy groups -OCH3 is 1. The number of hydrogen-bond acceptors (Lipinski definition) is 2. The molecule has 0 aromatic heterocycles. The molecule has 0 amide bonds. The first kappa shape index (κ1) is 12.4. The van der Waals surface area contributed by atoms with Gasteiger partial charge in [-0.05, 0) is 36.3 Å². The lowest BCUT2D eigenvalue weighted by atomic mass is 10.2. The van der Waals surface area contributed by atoms with E-state index in [0.29, 0.717) is 5.37 Å². The highest BCUT2D eigenvalue weighted by molar-refractivity contribution is 8.33. The van der Waals surface area contributed by atoms with Crippen LogP contribution < -0.4 is 10.1 Å². The summed E-state index contributed by atoms with van der Waals surface area (Å²) in [7, 11) is 0.800. The Hall–Kier alpha value is -1.61. The van der Waals surface area contributed by atoms with Crippen molar-refractivity contribution in [3.63, 3.8) is 0 Å². The van der Waals surface area contributed by atoms with E-state index in [-0.39, 0.29) is 0 Å². The summed E-state index contributed by atoms with van der Waals surface area (Å²) >= 11 is 0. The third-order valence-electron chi connectivity index (χ3n) is 3.73. The molecule has 0 aliphatic carbocycles. The van der Waals surface area contributed by atoms with E-state index in [1.165, 1.54) is 16.1 Å². The average molecular weight is 273 g/mol. The van der Waals surface area contributed by atoms with Crippen molar-refractivity contribution in [2.45, 2.75) is 10.3 Å². The summed E-state index contributed by atoms with van der Waals surface area (Å²) in [6, 6.07) is 17.0. The second kappa shape index (κ2) is 4.49. The molecule has 19 heavy (non-hydrogen) atoms. The Morgan fingerprint density at radius 3 is 2.47 bits per heavy atom. The van der Waals surface area contributed by atoms with Crippen LogP contribution in [0.5, 0.6) is 5.75 Å². The zero-order chi connectivity index (χ0) is 13.5. The molecule has 2 aromatic carbocycles. The second-order valence-corrected chi connectivity index (χ2v) is 8.93. The fourth-order valence-corrected chi connectivity index (χ4v) is 5.28. The zero-order valence-corrected chi connectivity index (χ0v) is 12.3. The molecule has 1 heterocycles. The molecule has 1 atom stereocenters. The van der Waals surface area contributed by atoms with Crippen LogP contribution >= 0.6 is 10.0 Å². The summed E-state index contributed by atoms with van der Waals surface area (Å²) in [5, 5.41) is 4.06. The van der Waals surface area contributed by atoms with Gasteiger partial charge in [0.1, 0.15) is 5.75 Å². The molecule has 2 aromatic rings. The molecule has 0 fully saturated rings. The predicted molar refractivity (Wildman–Crippen MR) is 83.5 cm³/mol. The summed E-state index contributed by atoms with van der Waals surface area (Å²) in [5.74, 6) is 0.940. The molecule has 100 valence electrons. The molecular weight excluding hydrogens is 254 g/mol. The van der Waals surface area contributed by atoms with Gasteiger partial charge in [-0.1, -0.05) is 30.3 Å². The molecular formula is C16H19NOS. The number of anilines is 1. The normalized spacial score (nSPS) is 21.3. The average Bonchev–Trinajstić information content (AvgIpc) is 2.71. The first-order chi connectivity index (χ1) is 9.13. The van der Waals surface area contributed by atoms with Crippen LogP contribution in [0.3, 0.4) is 0 Å². The van der Waals surface area contributed by atoms with Crippen LogP contribution in [0.2, 0.25) is 0 Å². The minimum Gasteiger partial charge on any atom is -0.497 e. The fraction of sp³-hybridized carbons (Fsp3) is 0.250. The van der Waals surface area contributed by atoms with Crippen molar-refractivity contribution in [2.24, 2.45) is 0 Å². The molecule has 1 aliphatic heterocycles. The topological polar surface area (TPSA) is 21.3 Å². The van der Waals surface area contributed by atoms with E-state index < -0.39 is 10.0 Å². The molecule has 0 saturated heterocycles. The highest BCUT2D eigenvalue weighted by Crippen LogP contribution is 2.67. The number of nitrogens with one attached hydrogen (secondary N) is 1. The van der Waals surface area contributed by atoms with Crippen molar-refractivity contribution in [1.82, 2.24) is 0 Å². The maximum atomic E-state index is 5.36. The highest BCUT2D eigenvalue weighted by Gasteiger charge is 2.36. The van der Waals surface area contributed by atoms with Crippen molar-refractivity contribution in [3.05, 3.63) is 54.1 Å². The molecule has 3 heteroatoms. The number of benzene rings is 2. The summed E-state index contributed by atoms with van der Waals surface area (Å²) < 4.78 is 5.36. The monoisotopic (exact) mass is 273 g/mol. The molecule has 3 rings (SSSR count). The minimum atomic E-state index is -0.923. The van der Waals surface area contributed by atoms with Crippen LogP contribution in [-0.4, -0.2) is 19.6 Å². The number of fused-ring (bicyclic) bond motifs is 1.